The minimum atomic E-state index is -0.373. The van der Waals surface area contributed by atoms with Crippen molar-refractivity contribution in [3.8, 4) is 0 Å². The Morgan fingerprint density at radius 2 is 2.15 bits per heavy atom. The third-order valence-corrected chi connectivity index (χ3v) is 4.82. The van der Waals surface area contributed by atoms with Gasteiger partial charge in [-0.1, -0.05) is 29.8 Å². The fourth-order valence-electron chi connectivity index (χ4n) is 2.94. The lowest BCUT2D eigenvalue weighted by Gasteiger charge is -2.38. The van der Waals surface area contributed by atoms with Crippen molar-refractivity contribution in [2.24, 2.45) is 0 Å². The largest absolute Gasteiger partial charge is 0.366 e. The van der Waals surface area contributed by atoms with Crippen molar-refractivity contribution in [2.75, 3.05) is 6.61 Å². The highest BCUT2D eigenvalue weighted by molar-refractivity contribution is 7.11. The molecule has 1 fully saturated rings. The second kappa shape index (κ2) is 5.51. The van der Waals surface area contributed by atoms with Crippen LogP contribution in [0.1, 0.15) is 45.6 Å². The molecule has 2 aromatic rings. The van der Waals surface area contributed by atoms with E-state index in [1.807, 2.05) is 6.07 Å². The van der Waals surface area contributed by atoms with Crippen LogP contribution in [0.2, 0.25) is 0 Å². The van der Waals surface area contributed by atoms with E-state index in [-0.39, 0.29) is 5.60 Å². The van der Waals surface area contributed by atoms with E-state index < -0.39 is 0 Å². The zero-order valence-electron chi connectivity index (χ0n) is 11.6. The van der Waals surface area contributed by atoms with Gasteiger partial charge >= 0.3 is 0 Å². The van der Waals surface area contributed by atoms with Crippen LogP contribution in [0.3, 0.4) is 0 Å². The summed E-state index contributed by atoms with van der Waals surface area (Å²) in [5.41, 5.74) is 3.19. The molecule has 0 aliphatic carbocycles. The smallest absolute Gasteiger partial charge is 0.160 e. The second-order valence-electron chi connectivity index (χ2n) is 5.36. The molecule has 0 amide bonds. The van der Waals surface area contributed by atoms with E-state index in [2.05, 4.69) is 36.6 Å². The van der Waals surface area contributed by atoms with Crippen LogP contribution in [0.15, 0.2) is 35.7 Å². The SMILES string of the molecule is Cc1cccc(C2(c3csc(C=O)c3)CCCCO2)c1. The van der Waals surface area contributed by atoms with E-state index in [1.54, 1.807) is 0 Å². The Labute approximate surface area is 123 Å². The van der Waals surface area contributed by atoms with Gasteiger partial charge in [-0.3, -0.25) is 4.79 Å². The van der Waals surface area contributed by atoms with Crippen molar-refractivity contribution in [1.29, 1.82) is 0 Å². The Morgan fingerprint density at radius 1 is 1.25 bits per heavy atom. The molecule has 20 heavy (non-hydrogen) atoms. The minimum absolute atomic E-state index is 0.373. The highest BCUT2D eigenvalue weighted by Gasteiger charge is 2.37. The van der Waals surface area contributed by atoms with Crippen molar-refractivity contribution in [3.63, 3.8) is 0 Å². The fourth-order valence-corrected chi connectivity index (χ4v) is 3.71. The molecule has 1 aliphatic rings. The van der Waals surface area contributed by atoms with Crippen molar-refractivity contribution in [2.45, 2.75) is 31.8 Å². The molecule has 1 atom stereocenters. The first-order valence-corrected chi connectivity index (χ1v) is 7.88. The summed E-state index contributed by atoms with van der Waals surface area (Å²) in [4.78, 5) is 11.7. The number of hydrogen-bond donors (Lipinski definition) is 0. The molecule has 2 nitrogen and oxygen atoms in total. The maximum absolute atomic E-state index is 11.0. The molecule has 3 heteroatoms. The van der Waals surface area contributed by atoms with Gasteiger partial charge in [0.1, 0.15) is 5.60 Å². The first kappa shape index (κ1) is 13.5. The van der Waals surface area contributed by atoms with Crippen LogP contribution in [0.5, 0.6) is 0 Å². The van der Waals surface area contributed by atoms with Gasteiger partial charge < -0.3 is 4.74 Å². The van der Waals surface area contributed by atoms with Crippen LogP contribution in [-0.4, -0.2) is 12.9 Å². The van der Waals surface area contributed by atoms with Crippen molar-refractivity contribution < 1.29 is 9.53 Å². The van der Waals surface area contributed by atoms with E-state index in [9.17, 15) is 4.79 Å². The first-order chi connectivity index (χ1) is 9.74. The number of hydrogen-bond acceptors (Lipinski definition) is 3. The topological polar surface area (TPSA) is 26.3 Å². The van der Waals surface area contributed by atoms with Gasteiger partial charge in [-0.2, -0.15) is 0 Å². The molecular formula is C17H18O2S. The minimum Gasteiger partial charge on any atom is -0.366 e. The summed E-state index contributed by atoms with van der Waals surface area (Å²) in [7, 11) is 0. The second-order valence-corrected chi connectivity index (χ2v) is 6.30. The summed E-state index contributed by atoms with van der Waals surface area (Å²) < 4.78 is 6.24. The molecule has 1 aromatic heterocycles. The molecule has 0 N–H and O–H groups in total. The quantitative estimate of drug-likeness (QED) is 0.786. The Kier molecular flexibility index (Phi) is 3.72. The standard InChI is InChI=1S/C17H18O2S/c1-13-5-4-6-14(9-13)17(7-2-3-8-19-17)15-10-16(11-18)20-12-15/h4-6,9-12H,2-3,7-8H2,1H3. The van der Waals surface area contributed by atoms with Crippen LogP contribution < -0.4 is 0 Å². The lowest BCUT2D eigenvalue weighted by atomic mass is 9.81. The molecule has 1 aliphatic heterocycles. The van der Waals surface area contributed by atoms with Crippen molar-refractivity contribution in [3.05, 3.63) is 57.3 Å². The van der Waals surface area contributed by atoms with Gasteiger partial charge in [0.25, 0.3) is 0 Å². The van der Waals surface area contributed by atoms with Crippen LogP contribution in [-0.2, 0) is 10.3 Å². The number of carbonyl (C=O) groups excluding carboxylic acids is 1. The Balaban J connectivity index is 2.10. The van der Waals surface area contributed by atoms with E-state index in [0.717, 1.165) is 42.6 Å². The Hall–Kier alpha value is -1.45. The molecule has 1 saturated heterocycles. The molecule has 2 heterocycles. The maximum atomic E-state index is 11.0. The summed E-state index contributed by atoms with van der Waals surface area (Å²) in [5.74, 6) is 0. The molecule has 0 radical (unpaired) electrons. The maximum Gasteiger partial charge on any atom is 0.160 e. The van der Waals surface area contributed by atoms with E-state index >= 15 is 0 Å². The van der Waals surface area contributed by atoms with Crippen LogP contribution in [0.4, 0.5) is 0 Å². The van der Waals surface area contributed by atoms with Gasteiger partial charge in [0.15, 0.2) is 6.29 Å². The Bertz CT molecular complexity index is 609. The zero-order valence-corrected chi connectivity index (χ0v) is 12.4. The average molecular weight is 286 g/mol. The van der Waals surface area contributed by atoms with Gasteiger partial charge in [-0.15, -0.1) is 11.3 Å². The lowest BCUT2D eigenvalue weighted by Crippen LogP contribution is -2.34. The van der Waals surface area contributed by atoms with E-state index in [4.69, 9.17) is 4.74 Å². The predicted molar refractivity (Wildman–Crippen MR) is 81.5 cm³/mol. The fraction of sp³-hybridized carbons (Fsp3) is 0.353. The molecule has 1 unspecified atom stereocenters. The van der Waals surface area contributed by atoms with Gasteiger partial charge in [-0.05, 0) is 48.8 Å². The monoisotopic (exact) mass is 286 g/mol. The highest BCUT2D eigenvalue weighted by Crippen LogP contribution is 2.42. The predicted octanol–water partition coefficient (Wildman–Crippen LogP) is 4.31. The molecule has 3 rings (SSSR count). The van der Waals surface area contributed by atoms with Crippen LogP contribution >= 0.6 is 11.3 Å². The summed E-state index contributed by atoms with van der Waals surface area (Å²) >= 11 is 1.49. The molecular weight excluding hydrogens is 268 g/mol. The van der Waals surface area contributed by atoms with Crippen molar-refractivity contribution >= 4 is 17.6 Å². The molecule has 0 spiro atoms. The molecule has 1 aromatic carbocycles. The third-order valence-electron chi connectivity index (χ3n) is 3.96. The number of aldehydes is 1. The number of rotatable bonds is 3. The van der Waals surface area contributed by atoms with Gasteiger partial charge in [0, 0.05) is 6.61 Å². The molecule has 0 bridgehead atoms. The normalized spacial score (nSPS) is 22.6. The van der Waals surface area contributed by atoms with Crippen molar-refractivity contribution in [1.82, 2.24) is 0 Å². The summed E-state index contributed by atoms with van der Waals surface area (Å²) in [6.07, 6.45) is 4.16. The number of benzene rings is 1. The summed E-state index contributed by atoms with van der Waals surface area (Å²) in [6.45, 7) is 2.88. The molecule has 0 saturated carbocycles. The van der Waals surface area contributed by atoms with Gasteiger partial charge in [-0.25, -0.2) is 0 Å². The number of aryl methyl sites for hydroxylation is 1. The molecule has 104 valence electrons. The van der Waals surface area contributed by atoms with Gasteiger partial charge in [0.05, 0.1) is 4.88 Å². The van der Waals surface area contributed by atoms with Crippen LogP contribution in [0, 0.1) is 6.92 Å². The van der Waals surface area contributed by atoms with Gasteiger partial charge in [0.2, 0.25) is 0 Å². The summed E-state index contributed by atoms with van der Waals surface area (Å²) in [5, 5.41) is 2.07. The highest BCUT2D eigenvalue weighted by atomic mass is 32.1. The first-order valence-electron chi connectivity index (χ1n) is 7.00. The number of carbonyl (C=O) groups is 1. The third kappa shape index (κ3) is 2.32. The van der Waals surface area contributed by atoms with E-state index in [0.29, 0.717) is 0 Å². The number of thiophene rings is 1. The average Bonchev–Trinajstić information content (AvgIpc) is 2.97. The Morgan fingerprint density at radius 3 is 2.80 bits per heavy atom. The lowest BCUT2D eigenvalue weighted by molar-refractivity contribution is -0.0530. The number of ether oxygens (including phenoxy) is 1. The zero-order chi connectivity index (χ0) is 14.0. The van der Waals surface area contributed by atoms with E-state index in [1.165, 1.54) is 22.5 Å². The van der Waals surface area contributed by atoms with Crippen LogP contribution in [0.25, 0.3) is 0 Å². The summed E-state index contributed by atoms with van der Waals surface area (Å²) in [6, 6.07) is 10.5.